The van der Waals surface area contributed by atoms with E-state index in [9.17, 15) is 18.0 Å². The minimum absolute atomic E-state index is 0.0530. The van der Waals surface area contributed by atoms with Crippen LogP contribution in [0.15, 0.2) is 77.7 Å². The molecule has 0 bridgehead atoms. The van der Waals surface area contributed by atoms with E-state index < -0.39 is 28.5 Å². The van der Waals surface area contributed by atoms with Crippen molar-refractivity contribution in [1.29, 1.82) is 0 Å². The number of amides is 2. The molecule has 3 aromatic carbocycles. The lowest BCUT2D eigenvalue weighted by atomic mass is 10.1. The molecule has 4 rings (SSSR count). The Bertz CT molecular complexity index is 1460. The summed E-state index contributed by atoms with van der Waals surface area (Å²) in [6, 6.07) is 19.3. The molecule has 2 amide bonds. The third-order valence-electron chi connectivity index (χ3n) is 7.51. The highest BCUT2D eigenvalue weighted by atomic mass is 35.5. The second kappa shape index (κ2) is 13.7. The first kappa shape index (κ1) is 30.9. The van der Waals surface area contributed by atoms with Crippen LogP contribution in [0.25, 0.3) is 0 Å². The molecule has 1 saturated carbocycles. The number of anilines is 1. The van der Waals surface area contributed by atoms with Crippen LogP contribution in [-0.2, 0) is 32.6 Å². The van der Waals surface area contributed by atoms with Crippen molar-refractivity contribution in [2.75, 3.05) is 10.8 Å². The van der Waals surface area contributed by atoms with Gasteiger partial charge in [-0.1, -0.05) is 85.4 Å². The van der Waals surface area contributed by atoms with Crippen LogP contribution in [0, 0.1) is 0 Å². The van der Waals surface area contributed by atoms with Gasteiger partial charge in [-0.3, -0.25) is 13.9 Å². The van der Waals surface area contributed by atoms with E-state index in [-0.39, 0.29) is 23.4 Å². The van der Waals surface area contributed by atoms with Gasteiger partial charge < -0.3 is 10.2 Å². The van der Waals surface area contributed by atoms with Gasteiger partial charge in [0.2, 0.25) is 11.8 Å². The lowest BCUT2D eigenvalue weighted by Gasteiger charge is -2.33. The molecule has 0 heterocycles. The van der Waals surface area contributed by atoms with Gasteiger partial charge in [0, 0.05) is 28.2 Å². The average Bonchev–Trinajstić information content (AvgIpc) is 3.48. The van der Waals surface area contributed by atoms with Crippen molar-refractivity contribution in [2.24, 2.45) is 0 Å². The summed E-state index contributed by atoms with van der Waals surface area (Å²) in [5.74, 6) is -0.861. The fraction of sp³-hybridized carbons (Fsp3) is 0.355. The van der Waals surface area contributed by atoms with Gasteiger partial charge in [-0.25, -0.2) is 8.42 Å². The van der Waals surface area contributed by atoms with Crippen LogP contribution in [0.2, 0.25) is 10.0 Å². The lowest BCUT2D eigenvalue weighted by Crippen LogP contribution is -2.52. The van der Waals surface area contributed by atoms with Crippen molar-refractivity contribution in [3.8, 4) is 0 Å². The molecule has 0 saturated heterocycles. The summed E-state index contributed by atoms with van der Waals surface area (Å²) in [5, 5.41) is 3.76. The number of hydrogen-bond donors (Lipinski definition) is 1. The van der Waals surface area contributed by atoms with Crippen molar-refractivity contribution in [1.82, 2.24) is 10.2 Å². The van der Waals surface area contributed by atoms with E-state index in [1.54, 1.807) is 55.5 Å². The minimum Gasteiger partial charge on any atom is -0.352 e. The Morgan fingerprint density at radius 2 is 1.54 bits per heavy atom. The van der Waals surface area contributed by atoms with E-state index in [0.717, 1.165) is 35.6 Å². The van der Waals surface area contributed by atoms with Crippen molar-refractivity contribution in [3.63, 3.8) is 0 Å². The Morgan fingerprint density at radius 1 is 0.927 bits per heavy atom. The molecule has 218 valence electrons. The predicted octanol–water partition coefficient (Wildman–Crippen LogP) is 6.23. The second-order valence-corrected chi connectivity index (χ2v) is 12.9. The van der Waals surface area contributed by atoms with Gasteiger partial charge in [0.25, 0.3) is 10.0 Å². The van der Waals surface area contributed by atoms with Crippen LogP contribution in [0.5, 0.6) is 0 Å². The summed E-state index contributed by atoms with van der Waals surface area (Å²) in [5.41, 5.74) is 1.66. The standard InChI is InChI=1S/C31H35Cl2N3O4S/c1-3-23-12-7-10-19-29(23)36(41(39,40)25-15-5-4-6-16-25)21-30(37)35(20-26-27(32)17-11-18-28(26)33)22(2)31(38)34-24-13-8-9-14-24/h4-7,10-12,15-19,22,24H,3,8-9,13-14,20-21H2,1-2H3,(H,34,38). The van der Waals surface area contributed by atoms with E-state index >= 15 is 0 Å². The lowest BCUT2D eigenvalue weighted by molar-refractivity contribution is -0.139. The summed E-state index contributed by atoms with van der Waals surface area (Å²) in [6.45, 7) is 2.99. The SMILES string of the molecule is CCc1ccccc1N(CC(=O)N(Cc1c(Cl)cccc1Cl)C(C)C(=O)NC1CCCC1)S(=O)(=O)c1ccccc1. The van der Waals surface area contributed by atoms with Crippen molar-refractivity contribution in [3.05, 3.63) is 94.0 Å². The molecule has 1 aliphatic rings. The first-order valence-corrected chi connectivity index (χ1v) is 16.0. The zero-order chi connectivity index (χ0) is 29.6. The number of carbonyl (C=O) groups is 2. The van der Waals surface area contributed by atoms with Gasteiger partial charge in [0.1, 0.15) is 12.6 Å². The van der Waals surface area contributed by atoms with Crippen LogP contribution in [0.4, 0.5) is 5.69 Å². The van der Waals surface area contributed by atoms with E-state index in [4.69, 9.17) is 23.2 Å². The number of aryl methyl sites for hydroxylation is 1. The van der Waals surface area contributed by atoms with Gasteiger partial charge in [0.05, 0.1) is 10.6 Å². The van der Waals surface area contributed by atoms with Crippen LogP contribution >= 0.6 is 23.2 Å². The monoisotopic (exact) mass is 615 g/mol. The Morgan fingerprint density at radius 3 is 2.17 bits per heavy atom. The summed E-state index contributed by atoms with van der Waals surface area (Å²) < 4.78 is 29.1. The smallest absolute Gasteiger partial charge is 0.264 e. The third kappa shape index (κ3) is 7.23. The molecule has 1 aliphatic carbocycles. The maximum Gasteiger partial charge on any atom is 0.264 e. The summed E-state index contributed by atoms with van der Waals surface area (Å²) in [7, 11) is -4.14. The molecule has 7 nitrogen and oxygen atoms in total. The van der Waals surface area contributed by atoms with Gasteiger partial charge in [-0.15, -0.1) is 0 Å². The zero-order valence-electron chi connectivity index (χ0n) is 23.2. The molecule has 0 spiro atoms. The fourth-order valence-electron chi connectivity index (χ4n) is 5.11. The Labute approximate surface area is 252 Å². The minimum atomic E-state index is -4.14. The molecule has 1 unspecified atom stereocenters. The highest BCUT2D eigenvalue weighted by Gasteiger charge is 2.34. The molecule has 0 aromatic heterocycles. The molecule has 0 radical (unpaired) electrons. The molecule has 10 heteroatoms. The number of benzene rings is 3. The number of halogens is 2. The summed E-state index contributed by atoms with van der Waals surface area (Å²) in [4.78, 5) is 29.0. The predicted molar refractivity (Wildman–Crippen MR) is 164 cm³/mol. The first-order chi connectivity index (χ1) is 19.6. The molecule has 1 atom stereocenters. The Balaban J connectivity index is 1.74. The number of rotatable bonds is 11. The van der Waals surface area contributed by atoms with Gasteiger partial charge >= 0.3 is 0 Å². The van der Waals surface area contributed by atoms with Crippen molar-refractivity contribution in [2.45, 2.75) is 69.5 Å². The molecule has 1 fully saturated rings. The Hall–Kier alpha value is -3.07. The molecular formula is C31H35Cl2N3O4S. The number of carbonyl (C=O) groups excluding carboxylic acids is 2. The molecular weight excluding hydrogens is 581 g/mol. The van der Waals surface area contributed by atoms with Gasteiger partial charge in [-0.05, 0) is 62.1 Å². The summed E-state index contributed by atoms with van der Waals surface area (Å²) >= 11 is 12.9. The van der Waals surface area contributed by atoms with E-state index in [1.807, 2.05) is 19.1 Å². The first-order valence-electron chi connectivity index (χ1n) is 13.8. The zero-order valence-corrected chi connectivity index (χ0v) is 25.6. The topological polar surface area (TPSA) is 86.8 Å². The maximum absolute atomic E-state index is 14.2. The number of nitrogens with one attached hydrogen (secondary N) is 1. The highest BCUT2D eigenvalue weighted by Crippen LogP contribution is 2.30. The molecule has 41 heavy (non-hydrogen) atoms. The second-order valence-electron chi connectivity index (χ2n) is 10.2. The molecule has 0 aliphatic heterocycles. The van der Waals surface area contributed by atoms with Crippen LogP contribution in [0.1, 0.15) is 50.7 Å². The van der Waals surface area contributed by atoms with Crippen LogP contribution < -0.4 is 9.62 Å². The Kier molecular flexibility index (Phi) is 10.3. The van der Waals surface area contributed by atoms with Crippen LogP contribution in [-0.4, -0.2) is 43.8 Å². The number of para-hydroxylation sites is 1. The van der Waals surface area contributed by atoms with E-state index in [2.05, 4.69) is 5.32 Å². The average molecular weight is 617 g/mol. The summed E-state index contributed by atoms with van der Waals surface area (Å²) in [6.07, 6.45) is 4.42. The number of nitrogens with zero attached hydrogens (tertiary/aromatic N) is 2. The van der Waals surface area contributed by atoms with Crippen molar-refractivity contribution < 1.29 is 18.0 Å². The largest absolute Gasteiger partial charge is 0.352 e. The maximum atomic E-state index is 14.2. The quantitative estimate of drug-likeness (QED) is 0.277. The highest BCUT2D eigenvalue weighted by molar-refractivity contribution is 7.92. The molecule has 3 aromatic rings. The fourth-order valence-corrected chi connectivity index (χ4v) is 7.10. The van der Waals surface area contributed by atoms with Gasteiger partial charge in [0.15, 0.2) is 0 Å². The number of hydrogen-bond acceptors (Lipinski definition) is 4. The van der Waals surface area contributed by atoms with Gasteiger partial charge in [-0.2, -0.15) is 0 Å². The van der Waals surface area contributed by atoms with Crippen molar-refractivity contribution >= 4 is 50.7 Å². The van der Waals surface area contributed by atoms with E-state index in [1.165, 1.54) is 17.0 Å². The van der Waals surface area contributed by atoms with E-state index in [0.29, 0.717) is 27.7 Å². The molecule has 1 N–H and O–H groups in total. The number of sulfonamides is 1. The third-order valence-corrected chi connectivity index (χ3v) is 9.99. The van der Waals surface area contributed by atoms with Crippen LogP contribution in [0.3, 0.4) is 0 Å². The normalized spacial score (nSPS) is 14.4.